The van der Waals surface area contributed by atoms with Crippen molar-refractivity contribution in [2.75, 3.05) is 37.7 Å². The molecule has 1 amide bonds. The van der Waals surface area contributed by atoms with Crippen LogP contribution in [-0.4, -0.2) is 59.5 Å². The third kappa shape index (κ3) is 3.61. The Morgan fingerprint density at radius 2 is 2.04 bits per heavy atom. The van der Waals surface area contributed by atoms with Crippen molar-refractivity contribution in [2.24, 2.45) is 0 Å². The van der Waals surface area contributed by atoms with Crippen molar-refractivity contribution in [3.63, 3.8) is 0 Å². The Balaban J connectivity index is 1.53. The molecule has 4 rings (SSSR count). The highest BCUT2D eigenvalue weighted by Gasteiger charge is 2.31. The molecule has 0 saturated carbocycles. The van der Waals surface area contributed by atoms with Crippen LogP contribution < -0.4 is 4.90 Å². The van der Waals surface area contributed by atoms with Crippen LogP contribution in [0.2, 0.25) is 0 Å². The predicted octanol–water partition coefficient (Wildman–Crippen LogP) is 3.04. The summed E-state index contributed by atoms with van der Waals surface area (Å²) in [6.07, 6.45) is 1.02. The van der Waals surface area contributed by atoms with Gasteiger partial charge in [-0.2, -0.15) is 0 Å². The van der Waals surface area contributed by atoms with Gasteiger partial charge >= 0.3 is 6.09 Å². The SMILES string of the molecule is CCOC(=O)N1CCN(c2nc(C)c3c(n2)C[C@@H](c2cccs2)CC3=O)CC1. The van der Waals surface area contributed by atoms with Gasteiger partial charge in [0.2, 0.25) is 5.95 Å². The first-order chi connectivity index (χ1) is 13.6. The van der Waals surface area contributed by atoms with Gasteiger partial charge in [-0.3, -0.25) is 4.79 Å². The van der Waals surface area contributed by atoms with E-state index in [1.807, 2.05) is 19.9 Å². The summed E-state index contributed by atoms with van der Waals surface area (Å²) in [5, 5.41) is 2.05. The Morgan fingerprint density at radius 1 is 1.25 bits per heavy atom. The van der Waals surface area contributed by atoms with E-state index in [9.17, 15) is 9.59 Å². The summed E-state index contributed by atoms with van der Waals surface area (Å²) in [7, 11) is 0. The number of ether oxygens (including phenoxy) is 1. The lowest BCUT2D eigenvalue weighted by molar-refractivity contribution is 0.0961. The topological polar surface area (TPSA) is 75.6 Å². The maximum absolute atomic E-state index is 12.7. The molecule has 0 spiro atoms. The molecule has 0 radical (unpaired) electrons. The van der Waals surface area contributed by atoms with Crippen molar-refractivity contribution in [3.8, 4) is 0 Å². The minimum absolute atomic E-state index is 0.135. The predicted molar refractivity (Wildman–Crippen MR) is 107 cm³/mol. The van der Waals surface area contributed by atoms with Gasteiger partial charge in [0.25, 0.3) is 0 Å². The van der Waals surface area contributed by atoms with E-state index in [2.05, 4.69) is 21.3 Å². The largest absolute Gasteiger partial charge is 0.450 e. The van der Waals surface area contributed by atoms with Crippen LogP contribution in [0.1, 0.15) is 45.9 Å². The molecule has 7 nitrogen and oxygen atoms in total. The number of thiophene rings is 1. The number of rotatable bonds is 3. The Morgan fingerprint density at radius 3 is 2.71 bits per heavy atom. The lowest BCUT2D eigenvalue weighted by Crippen LogP contribution is -2.49. The van der Waals surface area contributed by atoms with E-state index in [1.54, 1.807) is 16.2 Å². The lowest BCUT2D eigenvalue weighted by atomic mass is 9.84. The van der Waals surface area contributed by atoms with Gasteiger partial charge in [-0.1, -0.05) is 6.07 Å². The van der Waals surface area contributed by atoms with Crippen molar-refractivity contribution in [3.05, 3.63) is 39.3 Å². The zero-order valence-electron chi connectivity index (χ0n) is 16.2. The molecule has 2 aliphatic rings. The van der Waals surface area contributed by atoms with Gasteiger partial charge in [0.1, 0.15) is 0 Å². The van der Waals surface area contributed by atoms with E-state index in [-0.39, 0.29) is 17.8 Å². The number of fused-ring (bicyclic) bond motifs is 1. The summed E-state index contributed by atoms with van der Waals surface area (Å²) in [6, 6.07) is 4.12. The molecule has 1 aliphatic heterocycles. The second kappa shape index (κ2) is 7.87. The number of aryl methyl sites for hydroxylation is 1. The van der Waals surface area contributed by atoms with Crippen LogP contribution in [0.3, 0.4) is 0 Å². The molecular formula is C20H24N4O3S. The molecule has 1 aliphatic carbocycles. The number of piperazine rings is 1. The molecule has 2 aromatic rings. The number of carbonyl (C=O) groups excluding carboxylic acids is 2. The van der Waals surface area contributed by atoms with Crippen LogP contribution in [0.15, 0.2) is 17.5 Å². The summed E-state index contributed by atoms with van der Waals surface area (Å²) < 4.78 is 5.08. The van der Waals surface area contributed by atoms with Crippen molar-refractivity contribution >= 4 is 29.2 Å². The standard InChI is InChI=1S/C20H24N4O3S/c1-3-27-20(26)24-8-6-23(7-9-24)19-21-13(2)18-15(22-19)11-14(12-16(18)25)17-5-4-10-28-17/h4-5,10,14H,3,6-9,11-12H2,1-2H3/t14-/m1/s1. The number of Topliss-reactive ketones (excluding diaryl/α,β-unsaturated/α-hetero) is 1. The molecule has 0 unspecified atom stereocenters. The summed E-state index contributed by atoms with van der Waals surface area (Å²) >= 11 is 1.69. The summed E-state index contributed by atoms with van der Waals surface area (Å²) in [5.74, 6) is 0.984. The number of hydrogen-bond acceptors (Lipinski definition) is 7. The zero-order valence-corrected chi connectivity index (χ0v) is 17.0. The molecule has 1 atom stereocenters. The average Bonchev–Trinajstić information content (AvgIpc) is 3.22. The monoisotopic (exact) mass is 400 g/mol. The first-order valence-corrected chi connectivity index (χ1v) is 10.6. The van der Waals surface area contributed by atoms with E-state index >= 15 is 0 Å². The number of carbonyl (C=O) groups is 2. The summed E-state index contributed by atoms with van der Waals surface area (Å²) in [6.45, 7) is 6.54. The molecule has 148 valence electrons. The maximum atomic E-state index is 12.7. The van der Waals surface area contributed by atoms with Crippen LogP contribution >= 0.6 is 11.3 Å². The Hall–Kier alpha value is -2.48. The smallest absolute Gasteiger partial charge is 0.409 e. The molecule has 0 N–H and O–H groups in total. The van der Waals surface area contributed by atoms with Crippen LogP contribution in [0.5, 0.6) is 0 Å². The quantitative estimate of drug-likeness (QED) is 0.788. The highest BCUT2D eigenvalue weighted by molar-refractivity contribution is 7.10. The number of hydrogen-bond donors (Lipinski definition) is 0. The molecule has 28 heavy (non-hydrogen) atoms. The fourth-order valence-electron chi connectivity index (χ4n) is 3.93. The molecule has 3 heterocycles. The normalized spacial score (nSPS) is 19.5. The molecule has 0 aromatic carbocycles. The van der Waals surface area contributed by atoms with Gasteiger partial charge < -0.3 is 14.5 Å². The van der Waals surface area contributed by atoms with E-state index in [0.717, 1.165) is 17.8 Å². The number of amides is 1. The maximum Gasteiger partial charge on any atom is 0.409 e. The highest BCUT2D eigenvalue weighted by atomic mass is 32.1. The minimum atomic E-state index is -0.269. The van der Waals surface area contributed by atoms with E-state index in [1.165, 1.54) is 4.88 Å². The van der Waals surface area contributed by atoms with Crippen molar-refractivity contribution in [2.45, 2.75) is 32.6 Å². The molecule has 1 saturated heterocycles. The molecule has 2 aromatic heterocycles. The molecule has 0 bridgehead atoms. The fraction of sp³-hybridized carbons (Fsp3) is 0.500. The molecule has 8 heteroatoms. The van der Waals surface area contributed by atoms with Gasteiger partial charge in [0, 0.05) is 43.4 Å². The van der Waals surface area contributed by atoms with Gasteiger partial charge in [0.05, 0.1) is 23.6 Å². The molecule has 1 fully saturated rings. The number of nitrogens with zero attached hydrogens (tertiary/aromatic N) is 4. The van der Waals surface area contributed by atoms with Gasteiger partial charge in [-0.25, -0.2) is 14.8 Å². The van der Waals surface area contributed by atoms with Gasteiger partial charge in [-0.15, -0.1) is 11.3 Å². The number of anilines is 1. The first kappa shape index (κ1) is 18.9. The third-order valence-electron chi connectivity index (χ3n) is 5.34. The Bertz CT molecular complexity index is 876. The Kier molecular flexibility index (Phi) is 5.30. The first-order valence-electron chi connectivity index (χ1n) is 9.67. The lowest BCUT2D eigenvalue weighted by Gasteiger charge is -2.34. The third-order valence-corrected chi connectivity index (χ3v) is 6.37. The summed E-state index contributed by atoms with van der Waals surface area (Å²) in [4.78, 5) is 39.0. The van der Waals surface area contributed by atoms with Crippen LogP contribution in [0.25, 0.3) is 0 Å². The van der Waals surface area contributed by atoms with Gasteiger partial charge in [0.15, 0.2) is 5.78 Å². The van der Waals surface area contributed by atoms with Crippen LogP contribution in [0, 0.1) is 6.92 Å². The van der Waals surface area contributed by atoms with Crippen LogP contribution in [-0.2, 0) is 11.2 Å². The van der Waals surface area contributed by atoms with Crippen LogP contribution in [0.4, 0.5) is 10.7 Å². The van der Waals surface area contributed by atoms with E-state index in [0.29, 0.717) is 50.7 Å². The molecular weight excluding hydrogens is 376 g/mol. The number of aromatic nitrogens is 2. The van der Waals surface area contributed by atoms with E-state index in [4.69, 9.17) is 9.72 Å². The van der Waals surface area contributed by atoms with Crippen molar-refractivity contribution in [1.29, 1.82) is 0 Å². The minimum Gasteiger partial charge on any atom is -0.450 e. The second-order valence-corrected chi connectivity index (χ2v) is 8.13. The Labute approximate surface area is 168 Å². The highest BCUT2D eigenvalue weighted by Crippen LogP contribution is 2.35. The average molecular weight is 401 g/mol. The fourth-order valence-corrected chi connectivity index (χ4v) is 4.76. The zero-order chi connectivity index (χ0) is 19.7. The summed E-state index contributed by atoms with van der Waals surface area (Å²) in [5.41, 5.74) is 2.30. The number of ketones is 1. The van der Waals surface area contributed by atoms with Crippen molar-refractivity contribution < 1.29 is 14.3 Å². The van der Waals surface area contributed by atoms with E-state index < -0.39 is 0 Å². The van der Waals surface area contributed by atoms with Crippen molar-refractivity contribution in [1.82, 2.24) is 14.9 Å². The van der Waals surface area contributed by atoms with Gasteiger partial charge in [-0.05, 0) is 31.7 Å². The second-order valence-electron chi connectivity index (χ2n) is 7.15.